The van der Waals surface area contributed by atoms with Gasteiger partial charge in [-0.1, -0.05) is 0 Å². The van der Waals surface area contributed by atoms with Crippen molar-refractivity contribution in [3.05, 3.63) is 41.0 Å². The largest absolute Gasteiger partial charge is 0.493 e. The topological polar surface area (TPSA) is 66.5 Å². The molecule has 7 nitrogen and oxygen atoms in total. The first-order valence-corrected chi connectivity index (χ1v) is 9.88. The summed E-state index contributed by atoms with van der Waals surface area (Å²) in [5.41, 5.74) is 1.68. The summed E-state index contributed by atoms with van der Waals surface area (Å²) in [6.45, 7) is 0.596. The van der Waals surface area contributed by atoms with E-state index in [-0.39, 0.29) is 24.5 Å². The molecule has 0 aliphatic carbocycles. The molecule has 0 aromatic heterocycles. The highest BCUT2D eigenvalue weighted by Gasteiger charge is 2.47. The molecule has 0 radical (unpaired) electrons. The van der Waals surface area contributed by atoms with Crippen LogP contribution in [0.3, 0.4) is 0 Å². The minimum absolute atomic E-state index is 0.119. The van der Waals surface area contributed by atoms with Crippen LogP contribution in [0.2, 0.25) is 0 Å². The Balaban J connectivity index is 1.92. The van der Waals surface area contributed by atoms with Crippen LogP contribution in [0.5, 0.6) is 28.7 Å². The number of nitrogens with zero attached hydrogens (tertiary/aromatic N) is 1. The van der Waals surface area contributed by atoms with E-state index in [2.05, 4.69) is 0 Å². The molecule has 0 saturated carbocycles. The molecular weight excluding hydrogens is 431 g/mol. The lowest BCUT2D eigenvalue weighted by atomic mass is 9.87. The molecule has 2 aromatic carbocycles. The first kappa shape index (κ1) is 21.9. The highest BCUT2D eigenvalue weighted by Crippen LogP contribution is 2.47. The fraction of sp³-hybridized carbons (Fsp3) is 0.409. The van der Waals surface area contributed by atoms with Crippen LogP contribution in [-0.2, 0) is 11.2 Å². The second-order valence-corrected chi connectivity index (χ2v) is 7.30. The normalized spacial score (nSPS) is 17.4. The van der Waals surface area contributed by atoms with E-state index in [1.54, 1.807) is 24.3 Å². The number of rotatable bonds is 4. The molecule has 2 heterocycles. The molecule has 2 aliphatic rings. The maximum Gasteiger partial charge on any atom is 0.471 e. The Morgan fingerprint density at radius 3 is 2.09 bits per heavy atom. The van der Waals surface area contributed by atoms with Gasteiger partial charge in [0, 0.05) is 6.54 Å². The van der Waals surface area contributed by atoms with Crippen LogP contribution in [0, 0.1) is 0 Å². The van der Waals surface area contributed by atoms with Gasteiger partial charge in [0.2, 0.25) is 5.75 Å². The molecule has 0 N–H and O–H groups in total. The standard InChI is InChI=1S/C22H22F3NO6/c1-28-17-9-13(10-18(29-2)20(17)30-3)19-14-11-16-15(31-6-7-32-16)8-12(14)4-5-26(19)21(27)22(23,24)25/h8-11,19H,4-7H2,1-3H3. The zero-order chi connectivity index (χ0) is 23.0. The van der Waals surface area contributed by atoms with Gasteiger partial charge in [-0.3, -0.25) is 4.79 Å². The molecular formula is C22H22F3NO6. The van der Waals surface area contributed by atoms with Gasteiger partial charge in [-0.05, 0) is 47.4 Å². The monoisotopic (exact) mass is 453 g/mol. The summed E-state index contributed by atoms with van der Waals surface area (Å²) < 4.78 is 67.8. The molecule has 172 valence electrons. The van der Waals surface area contributed by atoms with Gasteiger partial charge in [-0.15, -0.1) is 0 Å². The zero-order valence-electron chi connectivity index (χ0n) is 17.7. The summed E-state index contributed by atoms with van der Waals surface area (Å²) >= 11 is 0. The van der Waals surface area contributed by atoms with Crippen molar-refractivity contribution in [1.29, 1.82) is 0 Å². The van der Waals surface area contributed by atoms with Crippen LogP contribution in [0.4, 0.5) is 13.2 Å². The van der Waals surface area contributed by atoms with Crippen molar-refractivity contribution < 1.29 is 41.7 Å². The first-order valence-electron chi connectivity index (χ1n) is 9.88. The molecule has 0 saturated heterocycles. The molecule has 1 amide bonds. The van der Waals surface area contributed by atoms with Crippen LogP contribution in [-0.4, -0.2) is 58.1 Å². The molecule has 0 bridgehead atoms. The molecule has 2 aliphatic heterocycles. The number of carbonyl (C=O) groups excluding carboxylic acids is 1. The van der Waals surface area contributed by atoms with Crippen LogP contribution in [0.25, 0.3) is 0 Å². The number of carbonyl (C=O) groups is 1. The number of alkyl halides is 3. The number of hydrogen-bond donors (Lipinski definition) is 0. The Labute approximate surface area is 182 Å². The second kappa shape index (κ2) is 8.33. The third-order valence-corrected chi connectivity index (χ3v) is 5.54. The Morgan fingerprint density at radius 1 is 0.969 bits per heavy atom. The maximum absolute atomic E-state index is 13.5. The van der Waals surface area contributed by atoms with Gasteiger partial charge in [0.05, 0.1) is 27.4 Å². The fourth-order valence-electron chi connectivity index (χ4n) is 4.16. The third kappa shape index (κ3) is 3.74. The van der Waals surface area contributed by atoms with Crippen molar-refractivity contribution >= 4 is 5.91 Å². The molecule has 1 atom stereocenters. The van der Waals surface area contributed by atoms with Gasteiger partial charge in [0.15, 0.2) is 23.0 Å². The number of ether oxygens (including phenoxy) is 5. The maximum atomic E-state index is 13.5. The van der Waals surface area contributed by atoms with Gasteiger partial charge in [-0.2, -0.15) is 13.2 Å². The van der Waals surface area contributed by atoms with E-state index in [9.17, 15) is 18.0 Å². The number of halogens is 3. The summed E-state index contributed by atoms with van der Waals surface area (Å²) in [6.07, 6.45) is -4.78. The molecule has 32 heavy (non-hydrogen) atoms. The first-order chi connectivity index (χ1) is 15.3. The van der Waals surface area contributed by atoms with E-state index < -0.39 is 18.1 Å². The lowest BCUT2D eigenvalue weighted by Crippen LogP contribution is -2.47. The molecule has 0 fully saturated rings. The molecule has 10 heteroatoms. The van der Waals surface area contributed by atoms with Crippen molar-refractivity contribution in [3.63, 3.8) is 0 Å². The smallest absolute Gasteiger partial charge is 0.471 e. The van der Waals surface area contributed by atoms with Crippen molar-refractivity contribution in [3.8, 4) is 28.7 Å². The SMILES string of the molecule is COc1cc(C2c3cc4c(cc3CCN2C(=O)C(F)(F)F)OCCO4)cc(OC)c1OC. The van der Waals surface area contributed by atoms with E-state index in [4.69, 9.17) is 23.7 Å². The molecule has 0 spiro atoms. The van der Waals surface area contributed by atoms with Gasteiger partial charge < -0.3 is 28.6 Å². The highest BCUT2D eigenvalue weighted by molar-refractivity contribution is 5.83. The van der Waals surface area contributed by atoms with Crippen LogP contribution in [0.1, 0.15) is 22.7 Å². The summed E-state index contributed by atoms with van der Waals surface area (Å²) in [6, 6.07) is 5.47. The summed E-state index contributed by atoms with van der Waals surface area (Å²) in [5.74, 6) is -0.123. The Kier molecular flexibility index (Phi) is 5.70. The average molecular weight is 453 g/mol. The third-order valence-electron chi connectivity index (χ3n) is 5.54. The number of hydrogen-bond acceptors (Lipinski definition) is 6. The predicted molar refractivity (Wildman–Crippen MR) is 107 cm³/mol. The van der Waals surface area contributed by atoms with E-state index >= 15 is 0 Å². The van der Waals surface area contributed by atoms with Gasteiger partial charge in [-0.25, -0.2) is 0 Å². The van der Waals surface area contributed by atoms with Crippen molar-refractivity contribution in [2.75, 3.05) is 41.1 Å². The number of fused-ring (bicyclic) bond motifs is 2. The Morgan fingerprint density at radius 2 is 1.56 bits per heavy atom. The van der Waals surface area contributed by atoms with Gasteiger partial charge >= 0.3 is 12.1 Å². The quantitative estimate of drug-likeness (QED) is 0.706. The minimum atomic E-state index is -5.02. The van der Waals surface area contributed by atoms with E-state index in [1.807, 2.05) is 0 Å². The zero-order valence-corrected chi connectivity index (χ0v) is 17.7. The van der Waals surface area contributed by atoms with E-state index in [1.165, 1.54) is 21.3 Å². The van der Waals surface area contributed by atoms with Crippen molar-refractivity contribution in [1.82, 2.24) is 4.90 Å². The molecule has 2 aromatic rings. The lowest BCUT2D eigenvalue weighted by Gasteiger charge is -2.39. The summed E-state index contributed by atoms with van der Waals surface area (Å²) in [7, 11) is 4.26. The van der Waals surface area contributed by atoms with Gasteiger partial charge in [0.1, 0.15) is 13.2 Å². The molecule has 4 rings (SSSR count). The summed E-state index contributed by atoms with van der Waals surface area (Å²) in [4.78, 5) is 13.2. The van der Waals surface area contributed by atoms with Crippen LogP contribution >= 0.6 is 0 Å². The second-order valence-electron chi connectivity index (χ2n) is 7.30. The van der Waals surface area contributed by atoms with E-state index in [0.717, 1.165) is 10.5 Å². The number of methoxy groups -OCH3 is 3. The lowest BCUT2D eigenvalue weighted by molar-refractivity contribution is -0.187. The Bertz CT molecular complexity index is 1010. The van der Waals surface area contributed by atoms with Crippen LogP contribution < -0.4 is 23.7 Å². The van der Waals surface area contributed by atoms with Crippen LogP contribution in [0.15, 0.2) is 24.3 Å². The number of amides is 1. The summed E-state index contributed by atoms with van der Waals surface area (Å²) in [5, 5.41) is 0. The number of benzene rings is 2. The van der Waals surface area contributed by atoms with Crippen molar-refractivity contribution in [2.24, 2.45) is 0 Å². The van der Waals surface area contributed by atoms with Crippen molar-refractivity contribution in [2.45, 2.75) is 18.6 Å². The highest BCUT2D eigenvalue weighted by atomic mass is 19.4. The van der Waals surface area contributed by atoms with E-state index in [0.29, 0.717) is 41.6 Å². The minimum Gasteiger partial charge on any atom is -0.493 e. The molecule has 1 unspecified atom stereocenters. The van der Waals surface area contributed by atoms with Gasteiger partial charge in [0.25, 0.3) is 0 Å². The Hall–Kier alpha value is -3.30. The predicted octanol–water partition coefficient (Wildman–Crippen LogP) is 3.52. The average Bonchev–Trinajstić information content (AvgIpc) is 2.79. The fourth-order valence-corrected chi connectivity index (χ4v) is 4.16.